The summed E-state index contributed by atoms with van der Waals surface area (Å²) < 4.78 is 0. The van der Waals surface area contributed by atoms with E-state index in [1.54, 1.807) is 11.8 Å². The predicted octanol–water partition coefficient (Wildman–Crippen LogP) is 1.68. The highest BCUT2D eigenvalue weighted by atomic mass is 16.2. The summed E-state index contributed by atoms with van der Waals surface area (Å²) in [7, 11) is 0. The molecule has 0 radical (unpaired) electrons. The SMILES string of the molecule is CC1(C2CC2)NC(=O)N(CC(=O)N2CCC2c2ccccc2)C1=O. The van der Waals surface area contributed by atoms with Crippen LogP contribution >= 0.6 is 0 Å². The van der Waals surface area contributed by atoms with Crippen LogP contribution in [0.2, 0.25) is 0 Å². The molecule has 1 aliphatic carbocycles. The second-order valence-electron chi connectivity index (χ2n) is 7.10. The summed E-state index contributed by atoms with van der Waals surface area (Å²) in [5, 5.41) is 2.78. The van der Waals surface area contributed by atoms with Gasteiger partial charge in [0.05, 0.1) is 6.04 Å². The Kier molecular flexibility index (Phi) is 3.37. The number of likely N-dealkylation sites (tertiary alicyclic amines) is 1. The number of nitrogens with zero attached hydrogens (tertiary/aromatic N) is 2. The van der Waals surface area contributed by atoms with Gasteiger partial charge >= 0.3 is 6.03 Å². The molecule has 2 heterocycles. The fraction of sp³-hybridized carbons (Fsp3) is 0.500. The third-order valence-electron chi connectivity index (χ3n) is 5.51. The van der Waals surface area contributed by atoms with Crippen molar-refractivity contribution in [2.75, 3.05) is 13.1 Å². The zero-order valence-corrected chi connectivity index (χ0v) is 13.7. The highest BCUT2D eigenvalue weighted by Gasteiger charge is 2.56. The van der Waals surface area contributed by atoms with Crippen molar-refractivity contribution < 1.29 is 14.4 Å². The lowest BCUT2D eigenvalue weighted by Gasteiger charge is -2.41. The number of hydrogen-bond donors (Lipinski definition) is 1. The smallest absolute Gasteiger partial charge is 0.325 e. The second-order valence-corrected chi connectivity index (χ2v) is 7.10. The summed E-state index contributed by atoms with van der Waals surface area (Å²) in [4.78, 5) is 40.2. The first-order chi connectivity index (χ1) is 11.5. The maximum absolute atomic E-state index is 12.6. The molecule has 2 aliphatic heterocycles. The van der Waals surface area contributed by atoms with Crippen molar-refractivity contribution in [3.05, 3.63) is 35.9 Å². The minimum Gasteiger partial charge on any atom is -0.334 e. The number of hydrogen-bond acceptors (Lipinski definition) is 3. The molecule has 126 valence electrons. The first-order valence-electron chi connectivity index (χ1n) is 8.49. The van der Waals surface area contributed by atoms with Crippen LogP contribution in [0.1, 0.15) is 37.8 Å². The lowest BCUT2D eigenvalue weighted by atomic mass is 9.94. The maximum Gasteiger partial charge on any atom is 0.325 e. The highest BCUT2D eigenvalue weighted by Crippen LogP contribution is 2.42. The van der Waals surface area contributed by atoms with E-state index in [4.69, 9.17) is 0 Å². The molecule has 0 spiro atoms. The highest BCUT2D eigenvalue weighted by molar-refractivity contribution is 6.09. The Morgan fingerprint density at radius 1 is 1.21 bits per heavy atom. The fourth-order valence-electron chi connectivity index (χ4n) is 3.73. The van der Waals surface area contributed by atoms with Crippen LogP contribution in [0.25, 0.3) is 0 Å². The van der Waals surface area contributed by atoms with Crippen molar-refractivity contribution in [2.24, 2.45) is 5.92 Å². The van der Waals surface area contributed by atoms with Crippen LogP contribution in [-0.4, -0.2) is 46.3 Å². The molecule has 6 heteroatoms. The zero-order chi connectivity index (χ0) is 16.9. The summed E-state index contributed by atoms with van der Waals surface area (Å²) >= 11 is 0. The standard InChI is InChI=1S/C18H21N3O3/c1-18(13-7-8-13)16(23)21(17(24)19-18)11-15(22)20-10-9-14(20)12-5-3-2-4-6-12/h2-6,13-14H,7-11H2,1H3,(H,19,24). The minimum absolute atomic E-state index is 0.0503. The van der Waals surface area contributed by atoms with E-state index in [2.05, 4.69) is 5.32 Å². The molecule has 1 aromatic rings. The van der Waals surface area contributed by atoms with Crippen LogP contribution in [0.4, 0.5) is 4.79 Å². The van der Waals surface area contributed by atoms with E-state index in [0.29, 0.717) is 6.54 Å². The van der Waals surface area contributed by atoms with Crippen molar-refractivity contribution in [3.8, 4) is 0 Å². The molecule has 0 bridgehead atoms. The molecule has 2 unspecified atom stereocenters. The van der Waals surface area contributed by atoms with E-state index < -0.39 is 11.6 Å². The Morgan fingerprint density at radius 3 is 2.50 bits per heavy atom. The van der Waals surface area contributed by atoms with Crippen LogP contribution in [0.3, 0.4) is 0 Å². The Hall–Kier alpha value is -2.37. The summed E-state index contributed by atoms with van der Waals surface area (Å²) in [6.07, 6.45) is 2.81. The van der Waals surface area contributed by atoms with Crippen molar-refractivity contribution in [3.63, 3.8) is 0 Å². The molecule has 4 amide bonds. The van der Waals surface area contributed by atoms with Gasteiger partial charge < -0.3 is 10.2 Å². The van der Waals surface area contributed by atoms with Gasteiger partial charge in [0.15, 0.2) is 0 Å². The van der Waals surface area contributed by atoms with Crippen molar-refractivity contribution in [1.29, 1.82) is 0 Å². The van der Waals surface area contributed by atoms with Crippen LogP contribution < -0.4 is 5.32 Å². The van der Waals surface area contributed by atoms with Crippen LogP contribution in [0.15, 0.2) is 30.3 Å². The van der Waals surface area contributed by atoms with Crippen LogP contribution in [-0.2, 0) is 9.59 Å². The average Bonchev–Trinajstić information content (AvgIpc) is 3.34. The second kappa shape index (κ2) is 5.33. The number of carbonyl (C=O) groups excluding carboxylic acids is 3. The number of carbonyl (C=O) groups is 3. The molecule has 3 fully saturated rings. The van der Waals surface area contributed by atoms with Gasteiger partial charge in [0.2, 0.25) is 5.91 Å². The third-order valence-corrected chi connectivity index (χ3v) is 5.51. The van der Waals surface area contributed by atoms with Gasteiger partial charge in [-0.3, -0.25) is 14.5 Å². The molecular formula is C18H21N3O3. The van der Waals surface area contributed by atoms with Gasteiger partial charge in [-0.15, -0.1) is 0 Å². The summed E-state index contributed by atoms with van der Waals surface area (Å²) in [6, 6.07) is 9.46. The molecule has 2 atom stereocenters. The first-order valence-corrected chi connectivity index (χ1v) is 8.49. The van der Waals surface area contributed by atoms with Gasteiger partial charge in [-0.2, -0.15) is 0 Å². The molecular weight excluding hydrogens is 306 g/mol. The number of urea groups is 1. The van der Waals surface area contributed by atoms with Crippen LogP contribution in [0, 0.1) is 5.92 Å². The Balaban J connectivity index is 1.45. The molecule has 24 heavy (non-hydrogen) atoms. The van der Waals surface area contributed by atoms with Gasteiger partial charge in [0, 0.05) is 6.54 Å². The Morgan fingerprint density at radius 2 is 1.92 bits per heavy atom. The molecule has 1 N–H and O–H groups in total. The quantitative estimate of drug-likeness (QED) is 0.856. The average molecular weight is 327 g/mol. The van der Waals surface area contributed by atoms with Crippen molar-refractivity contribution >= 4 is 17.8 Å². The normalized spacial score (nSPS) is 29.5. The fourth-order valence-corrected chi connectivity index (χ4v) is 3.73. The van der Waals surface area contributed by atoms with E-state index >= 15 is 0 Å². The first kappa shape index (κ1) is 15.2. The van der Waals surface area contributed by atoms with Gasteiger partial charge in [-0.1, -0.05) is 30.3 Å². The maximum atomic E-state index is 12.6. The summed E-state index contributed by atoms with van der Waals surface area (Å²) in [5.74, 6) is -0.228. The topological polar surface area (TPSA) is 69.7 Å². The third kappa shape index (κ3) is 2.28. The molecule has 3 aliphatic rings. The number of amides is 4. The lowest BCUT2D eigenvalue weighted by molar-refractivity contribution is -0.144. The largest absolute Gasteiger partial charge is 0.334 e. The minimum atomic E-state index is -0.828. The van der Waals surface area contributed by atoms with E-state index in [1.807, 2.05) is 30.3 Å². The van der Waals surface area contributed by atoms with E-state index in [0.717, 1.165) is 29.7 Å². The number of imide groups is 1. The number of nitrogens with one attached hydrogen (secondary N) is 1. The van der Waals surface area contributed by atoms with Gasteiger partial charge in [-0.05, 0) is 37.7 Å². The van der Waals surface area contributed by atoms with Gasteiger partial charge in [0.25, 0.3) is 5.91 Å². The van der Waals surface area contributed by atoms with Crippen molar-refractivity contribution in [1.82, 2.24) is 15.1 Å². The molecule has 4 rings (SSSR count). The number of benzene rings is 1. The molecule has 1 aromatic carbocycles. The summed E-state index contributed by atoms with van der Waals surface area (Å²) in [5.41, 5.74) is 0.266. The van der Waals surface area contributed by atoms with Crippen molar-refractivity contribution in [2.45, 2.75) is 37.8 Å². The van der Waals surface area contributed by atoms with Gasteiger partial charge in [0.1, 0.15) is 12.1 Å². The molecule has 2 saturated heterocycles. The van der Waals surface area contributed by atoms with Crippen LogP contribution in [0.5, 0.6) is 0 Å². The zero-order valence-electron chi connectivity index (χ0n) is 13.7. The molecule has 6 nitrogen and oxygen atoms in total. The lowest BCUT2D eigenvalue weighted by Crippen LogP contribution is -2.51. The predicted molar refractivity (Wildman–Crippen MR) is 86.9 cm³/mol. The Bertz CT molecular complexity index is 701. The summed E-state index contributed by atoms with van der Waals surface area (Å²) in [6.45, 7) is 2.27. The van der Waals surface area contributed by atoms with E-state index in [-0.39, 0.29) is 30.3 Å². The van der Waals surface area contributed by atoms with E-state index in [9.17, 15) is 14.4 Å². The van der Waals surface area contributed by atoms with Gasteiger partial charge in [-0.25, -0.2) is 4.79 Å². The number of rotatable bonds is 4. The molecule has 1 saturated carbocycles. The van der Waals surface area contributed by atoms with E-state index in [1.165, 1.54) is 0 Å². The molecule has 0 aromatic heterocycles. The monoisotopic (exact) mass is 327 g/mol. The Labute approximate surface area is 140 Å².